The number of hydrogen-bond donors (Lipinski definition) is 4. The molecule has 144 valence electrons. The van der Waals surface area contributed by atoms with Crippen LogP contribution in [0.15, 0.2) is 30.3 Å². The van der Waals surface area contributed by atoms with E-state index in [2.05, 4.69) is 10.6 Å². The van der Waals surface area contributed by atoms with Crippen molar-refractivity contribution in [3.05, 3.63) is 35.9 Å². The first kappa shape index (κ1) is 21.6. The number of carboxylic acid groups (broad SMARTS) is 1. The van der Waals surface area contributed by atoms with E-state index in [1.165, 1.54) is 14.2 Å². The molecule has 0 heterocycles. The molecule has 3 atom stereocenters. The Morgan fingerprint density at radius 2 is 1.58 bits per heavy atom. The summed E-state index contributed by atoms with van der Waals surface area (Å²) in [6, 6.07) is 5.72. The van der Waals surface area contributed by atoms with Crippen molar-refractivity contribution in [2.24, 2.45) is 5.73 Å². The van der Waals surface area contributed by atoms with Crippen LogP contribution in [0, 0.1) is 0 Å². The highest BCUT2D eigenvalue weighted by Crippen LogP contribution is 2.04. The lowest BCUT2D eigenvalue weighted by atomic mass is 10.1. The second-order valence-electron chi connectivity index (χ2n) is 5.67. The van der Waals surface area contributed by atoms with Gasteiger partial charge in [-0.1, -0.05) is 30.3 Å². The van der Waals surface area contributed by atoms with Crippen LogP contribution in [-0.4, -0.2) is 68.4 Å². The molecule has 1 aromatic rings. The van der Waals surface area contributed by atoms with Gasteiger partial charge in [-0.25, -0.2) is 4.79 Å². The zero-order valence-electron chi connectivity index (χ0n) is 14.8. The van der Waals surface area contributed by atoms with Crippen molar-refractivity contribution in [2.45, 2.75) is 24.5 Å². The maximum atomic E-state index is 12.4. The van der Waals surface area contributed by atoms with Crippen LogP contribution in [-0.2, 0) is 30.3 Å². The van der Waals surface area contributed by atoms with Crippen molar-refractivity contribution in [1.29, 1.82) is 0 Å². The topological polar surface area (TPSA) is 140 Å². The summed E-state index contributed by atoms with van der Waals surface area (Å²) in [7, 11) is 2.76. The Kier molecular flexibility index (Phi) is 9.27. The predicted molar refractivity (Wildman–Crippen MR) is 93.4 cm³/mol. The highest BCUT2D eigenvalue weighted by atomic mass is 16.5. The highest BCUT2D eigenvalue weighted by Gasteiger charge is 2.28. The molecule has 0 aliphatic heterocycles. The minimum Gasteiger partial charge on any atom is -0.480 e. The number of rotatable bonds is 11. The molecule has 0 fully saturated rings. The summed E-state index contributed by atoms with van der Waals surface area (Å²) in [6.07, 6.45) is 0.110. The number of benzene rings is 1. The number of amides is 2. The smallest absolute Gasteiger partial charge is 0.326 e. The Bertz CT molecular complexity index is 595. The van der Waals surface area contributed by atoms with Gasteiger partial charge in [0.05, 0.1) is 13.2 Å². The average molecular weight is 367 g/mol. The molecule has 9 nitrogen and oxygen atoms in total. The number of carboxylic acids is 1. The van der Waals surface area contributed by atoms with Gasteiger partial charge < -0.3 is 30.9 Å². The summed E-state index contributed by atoms with van der Waals surface area (Å²) in [6.45, 7) is -0.145. The predicted octanol–water partition coefficient (Wildman–Crippen LogP) is -1.10. The molecule has 2 amide bonds. The van der Waals surface area contributed by atoms with Crippen molar-refractivity contribution >= 4 is 17.8 Å². The Morgan fingerprint density at radius 3 is 2.12 bits per heavy atom. The lowest BCUT2D eigenvalue weighted by molar-refractivity contribution is -0.142. The lowest BCUT2D eigenvalue weighted by Crippen LogP contribution is -2.57. The first-order valence-electron chi connectivity index (χ1n) is 8.00. The van der Waals surface area contributed by atoms with E-state index in [4.69, 9.17) is 15.2 Å². The SMILES string of the molecule is COC[C@H](NC(=O)[C@@H](N)COC)C(=O)N[C@@H](Cc1ccccc1)C(=O)O. The minimum atomic E-state index is -1.18. The minimum absolute atomic E-state index is 0.0150. The highest BCUT2D eigenvalue weighted by molar-refractivity contribution is 5.92. The van der Waals surface area contributed by atoms with Crippen LogP contribution in [0.1, 0.15) is 5.56 Å². The molecular formula is C17H25N3O6. The van der Waals surface area contributed by atoms with Crippen LogP contribution in [0.25, 0.3) is 0 Å². The number of aliphatic carboxylic acids is 1. The largest absolute Gasteiger partial charge is 0.480 e. The second-order valence-corrected chi connectivity index (χ2v) is 5.67. The van der Waals surface area contributed by atoms with E-state index in [1.54, 1.807) is 24.3 Å². The van der Waals surface area contributed by atoms with Gasteiger partial charge in [0, 0.05) is 20.6 Å². The van der Waals surface area contributed by atoms with Crippen LogP contribution >= 0.6 is 0 Å². The standard InChI is InChI=1S/C17H25N3O6/c1-25-9-12(18)15(21)20-14(10-26-2)16(22)19-13(17(23)24)8-11-6-4-3-5-7-11/h3-7,12-14H,8-10,18H2,1-2H3,(H,19,22)(H,20,21)(H,23,24)/t12-,13-,14-/m0/s1. The number of hydrogen-bond acceptors (Lipinski definition) is 6. The molecular weight excluding hydrogens is 342 g/mol. The fourth-order valence-corrected chi connectivity index (χ4v) is 2.21. The third kappa shape index (κ3) is 7.18. The molecule has 0 bridgehead atoms. The number of nitrogens with one attached hydrogen (secondary N) is 2. The van der Waals surface area contributed by atoms with Crippen LogP contribution in [0.2, 0.25) is 0 Å². The van der Waals surface area contributed by atoms with E-state index in [0.29, 0.717) is 0 Å². The normalized spacial score (nSPS) is 14.1. The zero-order chi connectivity index (χ0) is 19.5. The summed E-state index contributed by atoms with van der Waals surface area (Å²) in [5, 5.41) is 14.2. The summed E-state index contributed by atoms with van der Waals surface area (Å²) in [5.74, 6) is -2.45. The number of carbonyl (C=O) groups excluding carboxylic acids is 2. The molecule has 0 unspecified atom stereocenters. The van der Waals surface area contributed by atoms with Gasteiger partial charge in [-0.05, 0) is 5.56 Å². The van der Waals surface area contributed by atoms with Gasteiger partial charge in [-0.3, -0.25) is 9.59 Å². The van der Waals surface area contributed by atoms with Gasteiger partial charge in [0.15, 0.2) is 0 Å². The third-order valence-electron chi connectivity index (χ3n) is 3.55. The van der Waals surface area contributed by atoms with E-state index in [1.807, 2.05) is 6.07 Å². The molecule has 26 heavy (non-hydrogen) atoms. The lowest BCUT2D eigenvalue weighted by Gasteiger charge is -2.22. The van der Waals surface area contributed by atoms with Gasteiger partial charge in [-0.15, -0.1) is 0 Å². The maximum absolute atomic E-state index is 12.4. The quantitative estimate of drug-likeness (QED) is 0.389. The third-order valence-corrected chi connectivity index (χ3v) is 3.55. The Morgan fingerprint density at radius 1 is 1.00 bits per heavy atom. The zero-order valence-corrected chi connectivity index (χ0v) is 14.8. The molecule has 1 aromatic carbocycles. The van der Waals surface area contributed by atoms with Gasteiger partial charge in [0.2, 0.25) is 11.8 Å². The van der Waals surface area contributed by atoms with Crippen molar-refractivity contribution in [3.63, 3.8) is 0 Å². The first-order valence-corrected chi connectivity index (χ1v) is 8.00. The summed E-state index contributed by atoms with van der Waals surface area (Å²) < 4.78 is 9.72. The Labute approximate surface area is 151 Å². The van der Waals surface area contributed by atoms with Crippen LogP contribution < -0.4 is 16.4 Å². The van der Waals surface area contributed by atoms with Gasteiger partial charge in [-0.2, -0.15) is 0 Å². The van der Waals surface area contributed by atoms with Gasteiger partial charge in [0.1, 0.15) is 18.1 Å². The summed E-state index contributed by atoms with van der Waals surface area (Å²) in [5.41, 5.74) is 6.38. The van der Waals surface area contributed by atoms with Gasteiger partial charge >= 0.3 is 5.97 Å². The molecule has 0 saturated heterocycles. The van der Waals surface area contributed by atoms with E-state index < -0.39 is 35.9 Å². The van der Waals surface area contributed by atoms with Crippen molar-refractivity contribution < 1.29 is 29.0 Å². The molecule has 5 N–H and O–H groups in total. The van der Waals surface area contributed by atoms with E-state index in [-0.39, 0.29) is 19.6 Å². The van der Waals surface area contributed by atoms with Crippen molar-refractivity contribution in [3.8, 4) is 0 Å². The number of nitrogens with two attached hydrogens (primary N) is 1. The number of carbonyl (C=O) groups is 3. The molecule has 1 rings (SSSR count). The van der Waals surface area contributed by atoms with Crippen molar-refractivity contribution in [2.75, 3.05) is 27.4 Å². The molecule has 0 aromatic heterocycles. The molecule has 0 aliphatic rings. The number of methoxy groups -OCH3 is 2. The van der Waals surface area contributed by atoms with Crippen molar-refractivity contribution in [1.82, 2.24) is 10.6 Å². The van der Waals surface area contributed by atoms with Crippen LogP contribution in [0.4, 0.5) is 0 Å². The molecule has 9 heteroatoms. The monoisotopic (exact) mass is 367 g/mol. The average Bonchev–Trinajstić information content (AvgIpc) is 2.61. The molecule has 0 spiro atoms. The fraction of sp³-hybridized carbons (Fsp3) is 0.471. The van der Waals surface area contributed by atoms with Crippen LogP contribution in [0.5, 0.6) is 0 Å². The Hall–Kier alpha value is -2.49. The fourth-order valence-electron chi connectivity index (χ4n) is 2.21. The van der Waals surface area contributed by atoms with E-state index in [9.17, 15) is 19.5 Å². The molecule has 0 radical (unpaired) electrons. The second kappa shape index (κ2) is 11.2. The van der Waals surface area contributed by atoms with E-state index >= 15 is 0 Å². The number of ether oxygens (including phenoxy) is 2. The Balaban J connectivity index is 2.76. The first-order chi connectivity index (χ1) is 12.4. The molecule has 0 aliphatic carbocycles. The van der Waals surface area contributed by atoms with Crippen LogP contribution in [0.3, 0.4) is 0 Å². The van der Waals surface area contributed by atoms with Gasteiger partial charge in [0.25, 0.3) is 0 Å². The molecule has 0 saturated carbocycles. The summed E-state index contributed by atoms with van der Waals surface area (Å²) >= 11 is 0. The maximum Gasteiger partial charge on any atom is 0.326 e. The summed E-state index contributed by atoms with van der Waals surface area (Å²) in [4.78, 5) is 35.8. The van der Waals surface area contributed by atoms with E-state index in [0.717, 1.165) is 5.56 Å².